The lowest BCUT2D eigenvalue weighted by atomic mass is 9.73. The van der Waals surface area contributed by atoms with Crippen molar-refractivity contribution < 1.29 is 0 Å². The standard InChI is InChI=1S/C13H27NS/c1-12(2)9-7-6-8-11(12)14-10-13(3,4)15-5/h11,14H,6-10H2,1-5H3. The Labute approximate surface area is 99.8 Å². The zero-order valence-corrected chi connectivity index (χ0v) is 11.8. The molecule has 1 unspecified atom stereocenters. The summed E-state index contributed by atoms with van der Waals surface area (Å²) in [6, 6.07) is 0.720. The molecular weight excluding hydrogens is 202 g/mol. The van der Waals surface area contributed by atoms with Gasteiger partial charge in [-0.2, -0.15) is 11.8 Å². The van der Waals surface area contributed by atoms with Crippen molar-refractivity contribution in [1.82, 2.24) is 5.32 Å². The molecule has 0 radical (unpaired) electrons. The average molecular weight is 229 g/mol. The maximum Gasteiger partial charge on any atom is 0.0225 e. The van der Waals surface area contributed by atoms with Crippen LogP contribution in [0.5, 0.6) is 0 Å². The van der Waals surface area contributed by atoms with E-state index in [2.05, 4.69) is 39.3 Å². The molecule has 1 N–H and O–H groups in total. The highest BCUT2D eigenvalue weighted by Crippen LogP contribution is 2.35. The van der Waals surface area contributed by atoms with E-state index in [0.717, 1.165) is 12.6 Å². The van der Waals surface area contributed by atoms with Crippen LogP contribution in [0.4, 0.5) is 0 Å². The summed E-state index contributed by atoms with van der Waals surface area (Å²) in [7, 11) is 0. The van der Waals surface area contributed by atoms with Gasteiger partial charge in [0, 0.05) is 17.3 Å². The first-order chi connectivity index (χ1) is 6.87. The van der Waals surface area contributed by atoms with Crippen molar-refractivity contribution in [3.63, 3.8) is 0 Å². The topological polar surface area (TPSA) is 12.0 Å². The van der Waals surface area contributed by atoms with Crippen molar-refractivity contribution in [2.75, 3.05) is 12.8 Å². The molecule has 0 aromatic heterocycles. The molecule has 0 spiro atoms. The van der Waals surface area contributed by atoms with Gasteiger partial charge in [0.15, 0.2) is 0 Å². The van der Waals surface area contributed by atoms with Crippen LogP contribution in [0.2, 0.25) is 0 Å². The van der Waals surface area contributed by atoms with Crippen LogP contribution in [0.25, 0.3) is 0 Å². The average Bonchev–Trinajstić information content (AvgIpc) is 2.16. The predicted molar refractivity (Wildman–Crippen MR) is 71.6 cm³/mol. The molecule has 1 atom stereocenters. The lowest BCUT2D eigenvalue weighted by molar-refractivity contribution is 0.166. The Morgan fingerprint density at radius 1 is 1.33 bits per heavy atom. The van der Waals surface area contributed by atoms with E-state index in [4.69, 9.17) is 0 Å². The molecule has 1 rings (SSSR count). The van der Waals surface area contributed by atoms with Crippen molar-refractivity contribution in [2.24, 2.45) is 5.41 Å². The summed E-state index contributed by atoms with van der Waals surface area (Å²) < 4.78 is 0.369. The molecule has 1 aliphatic carbocycles. The van der Waals surface area contributed by atoms with Crippen LogP contribution in [0.3, 0.4) is 0 Å². The minimum Gasteiger partial charge on any atom is -0.312 e. The summed E-state index contributed by atoms with van der Waals surface area (Å²) in [4.78, 5) is 0. The van der Waals surface area contributed by atoms with Crippen molar-refractivity contribution >= 4 is 11.8 Å². The van der Waals surface area contributed by atoms with Gasteiger partial charge in [-0.15, -0.1) is 0 Å². The fourth-order valence-electron chi connectivity index (χ4n) is 2.31. The molecule has 1 saturated carbocycles. The van der Waals surface area contributed by atoms with Crippen LogP contribution in [-0.2, 0) is 0 Å². The number of hydrogen-bond donors (Lipinski definition) is 1. The molecule has 1 fully saturated rings. The third-order valence-electron chi connectivity index (χ3n) is 3.83. The van der Waals surface area contributed by atoms with Crippen LogP contribution in [0, 0.1) is 5.41 Å². The second-order valence-electron chi connectivity index (χ2n) is 6.13. The van der Waals surface area contributed by atoms with E-state index < -0.39 is 0 Å². The summed E-state index contributed by atoms with van der Waals surface area (Å²) in [6.45, 7) is 10.6. The van der Waals surface area contributed by atoms with Crippen molar-refractivity contribution in [3.8, 4) is 0 Å². The van der Waals surface area contributed by atoms with Crippen LogP contribution >= 0.6 is 11.8 Å². The molecule has 0 bridgehead atoms. The van der Waals surface area contributed by atoms with E-state index in [-0.39, 0.29) is 0 Å². The highest BCUT2D eigenvalue weighted by molar-refractivity contribution is 7.99. The SMILES string of the molecule is CSC(C)(C)CNC1CCCCC1(C)C. The molecule has 0 aliphatic heterocycles. The number of nitrogens with one attached hydrogen (secondary N) is 1. The van der Waals surface area contributed by atoms with Crippen LogP contribution in [-0.4, -0.2) is 23.6 Å². The van der Waals surface area contributed by atoms with E-state index in [1.807, 2.05) is 11.8 Å². The lowest BCUT2D eigenvalue weighted by Gasteiger charge is -2.40. The Kier molecular flexibility index (Phi) is 4.54. The molecule has 0 aromatic carbocycles. The summed E-state index contributed by atoms with van der Waals surface area (Å²) in [6.07, 6.45) is 7.76. The van der Waals surface area contributed by atoms with Gasteiger partial charge < -0.3 is 5.32 Å². The Morgan fingerprint density at radius 2 is 2.00 bits per heavy atom. The van der Waals surface area contributed by atoms with E-state index in [1.54, 1.807) is 0 Å². The molecule has 1 nitrogen and oxygen atoms in total. The Morgan fingerprint density at radius 3 is 2.53 bits per heavy atom. The van der Waals surface area contributed by atoms with Gasteiger partial charge in [0.25, 0.3) is 0 Å². The summed E-state index contributed by atoms with van der Waals surface area (Å²) in [5.74, 6) is 0. The Hall–Kier alpha value is 0.310. The Bertz CT molecular complexity index is 199. The van der Waals surface area contributed by atoms with Gasteiger partial charge in [0.2, 0.25) is 0 Å². The lowest BCUT2D eigenvalue weighted by Crippen LogP contribution is -2.48. The van der Waals surface area contributed by atoms with E-state index >= 15 is 0 Å². The second kappa shape index (κ2) is 5.09. The van der Waals surface area contributed by atoms with Crippen LogP contribution in [0.15, 0.2) is 0 Å². The molecule has 0 amide bonds. The predicted octanol–water partition coefficient (Wildman–Crippen LogP) is 3.69. The normalized spacial score (nSPS) is 26.6. The minimum atomic E-state index is 0.369. The quantitative estimate of drug-likeness (QED) is 0.789. The van der Waals surface area contributed by atoms with E-state index in [1.165, 1.54) is 25.7 Å². The molecule has 90 valence electrons. The van der Waals surface area contributed by atoms with Gasteiger partial charge in [0.05, 0.1) is 0 Å². The number of thioether (sulfide) groups is 1. The van der Waals surface area contributed by atoms with Crippen LogP contribution < -0.4 is 5.32 Å². The Balaban J connectivity index is 2.43. The fraction of sp³-hybridized carbons (Fsp3) is 1.00. The van der Waals surface area contributed by atoms with Crippen molar-refractivity contribution in [3.05, 3.63) is 0 Å². The zero-order valence-electron chi connectivity index (χ0n) is 11.0. The second-order valence-corrected chi connectivity index (χ2v) is 7.65. The van der Waals surface area contributed by atoms with Crippen LogP contribution in [0.1, 0.15) is 53.4 Å². The van der Waals surface area contributed by atoms with Crippen molar-refractivity contribution in [1.29, 1.82) is 0 Å². The molecule has 0 aromatic rings. The first-order valence-corrected chi connectivity index (χ1v) is 7.38. The maximum atomic E-state index is 3.78. The van der Waals surface area contributed by atoms with Gasteiger partial charge in [-0.25, -0.2) is 0 Å². The highest BCUT2D eigenvalue weighted by atomic mass is 32.2. The molecule has 2 heteroatoms. The maximum absolute atomic E-state index is 3.78. The number of rotatable bonds is 4. The highest BCUT2D eigenvalue weighted by Gasteiger charge is 2.32. The summed E-state index contributed by atoms with van der Waals surface area (Å²) in [5, 5.41) is 3.78. The van der Waals surface area contributed by atoms with Gasteiger partial charge in [-0.1, -0.05) is 26.7 Å². The molecule has 15 heavy (non-hydrogen) atoms. The zero-order chi connectivity index (χ0) is 11.5. The molecule has 0 heterocycles. The summed E-state index contributed by atoms with van der Waals surface area (Å²) >= 11 is 1.95. The third-order valence-corrected chi connectivity index (χ3v) is 5.08. The first-order valence-electron chi connectivity index (χ1n) is 6.16. The monoisotopic (exact) mass is 229 g/mol. The van der Waals surface area contributed by atoms with E-state index in [9.17, 15) is 0 Å². The van der Waals surface area contributed by atoms with Crippen molar-refractivity contribution in [2.45, 2.75) is 64.2 Å². The third kappa shape index (κ3) is 3.99. The summed E-state index contributed by atoms with van der Waals surface area (Å²) in [5.41, 5.74) is 0.493. The van der Waals surface area contributed by atoms with E-state index in [0.29, 0.717) is 10.2 Å². The van der Waals surface area contributed by atoms with Gasteiger partial charge in [0.1, 0.15) is 0 Å². The molecular formula is C13H27NS. The largest absolute Gasteiger partial charge is 0.312 e. The minimum absolute atomic E-state index is 0.369. The fourth-order valence-corrected chi connectivity index (χ4v) is 2.54. The van der Waals surface area contributed by atoms with Gasteiger partial charge in [-0.3, -0.25) is 0 Å². The van der Waals surface area contributed by atoms with Gasteiger partial charge >= 0.3 is 0 Å². The smallest absolute Gasteiger partial charge is 0.0225 e. The molecule has 1 aliphatic rings. The number of hydrogen-bond acceptors (Lipinski definition) is 2. The first kappa shape index (κ1) is 13.4. The molecule has 0 saturated heterocycles. The van der Waals surface area contributed by atoms with Gasteiger partial charge in [-0.05, 0) is 38.4 Å².